The number of hydrogen-bond acceptors (Lipinski definition) is 1. The molecule has 0 bridgehead atoms. The minimum atomic E-state index is 0.153. The number of carbonyl (C=O) groups is 1. The molecule has 0 atom stereocenters. The molecule has 0 spiro atoms. The SMILES string of the molecule is CC(=O)c1ccc2ccccc2c1CCCc1ccccc1. The van der Waals surface area contributed by atoms with Gasteiger partial charge in [-0.15, -0.1) is 0 Å². The molecule has 22 heavy (non-hydrogen) atoms. The number of carbonyl (C=O) groups excluding carboxylic acids is 1. The van der Waals surface area contributed by atoms with E-state index < -0.39 is 0 Å². The molecule has 1 nitrogen and oxygen atoms in total. The van der Waals surface area contributed by atoms with Crippen LogP contribution in [0.3, 0.4) is 0 Å². The summed E-state index contributed by atoms with van der Waals surface area (Å²) in [6.07, 6.45) is 3.03. The Kier molecular flexibility index (Phi) is 4.34. The lowest BCUT2D eigenvalue weighted by Crippen LogP contribution is -2.02. The zero-order valence-corrected chi connectivity index (χ0v) is 12.9. The molecule has 0 radical (unpaired) electrons. The van der Waals surface area contributed by atoms with Crippen LogP contribution >= 0.6 is 0 Å². The maximum Gasteiger partial charge on any atom is 0.160 e. The Bertz CT molecular complexity index is 787. The third-order valence-electron chi connectivity index (χ3n) is 4.15. The number of ketones is 1. The number of Topliss-reactive ketones (excluding diaryl/α,β-unsaturated/α-hetero) is 1. The van der Waals surface area contributed by atoms with E-state index in [1.54, 1.807) is 6.92 Å². The number of benzene rings is 3. The standard InChI is InChI=1S/C21H20O/c1-16(22)19-15-14-18-11-5-6-12-20(18)21(19)13-7-10-17-8-3-2-4-9-17/h2-6,8-9,11-12,14-15H,7,10,13H2,1H3. The van der Waals surface area contributed by atoms with Gasteiger partial charge < -0.3 is 0 Å². The van der Waals surface area contributed by atoms with E-state index >= 15 is 0 Å². The number of fused-ring (bicyclic) bond motifs is 1. The first-order chi connectivity index (χ1) is 10.8. The topological polar surface area (TPSA) is 17.1 Å². The van der Waals surface area contributed by atoms with Crippen molar-refractivity contribution >= 4 is 16.6 Å². The number of aryl methyl sites for hydroxylation is 2. The van der Waals surface area contributed by atoms with Gasteiger partial charge in [-0.3, -0.25) is 4.79 Å². The molecule has 0 fully saturated rings. The molecular formula is C21H20O. The van der Waals surface area contributed by atoms with Crippen molar-refractivity contribution in [2.75, 3.05) is 0 Å². The minimum absolute atomic E-state index is 0.153. The zero-order chi connectivity index (χ0) is 15.4. The summed E-state index contributed by atoms with van der Waals surface area (Å²) in [5.41, 5.74) is 3.42. The highest BCUT2D eigenvalue weighted by atomic mass is 16.1. The third kappa shape index (κ3) is 3.09. The van der Waals surface area contributed by atoms with Gasteiger partial charge in [0.15, 0.2) is 5.78 Å². The van der Waals surface area contributed by atoms with Gasteiger partial charge in [0.2, 0.25) is 0 Å². The molecule has 0 unspecified atom stereocenters. The van der Waals surface area contributed by atoms with Gasteiger partial charge in [-0.05, 0) is 48.1 Å². The molecule has 3 aromatic rings. The molecule has 0 heterocycles. The van der Waals surface area contributed by atoms with Gasteiger partial charge in [-0.2, -0.15) is 0 Å². The minimum Gasteiger partial charge on any atom is -0.295 e. The summed E-state index contributed by atoms with van der Waals surface area (Å²) in [6.45, 7) is 1.66. The van der Waals surface area contributed by atoms with E-state index in [-0.39, 0.29) is 5.78 Å². The van der Waals surface area contributed by atoms with Crippen LogP contribution in [0.25, 0.3) is 10.8 Å². The average molecular weight is 288 g/mol. The van der Waals surface area contributed by atoms with Gasteiger partial charge in [-0.1, -0.05) is 66.7 Å². The molecule has 0 aliphatic carbocycles. The van der Waals surface area contributed by atoms with E-state index in [4.69, 9.17) is 0 Å². The van der Waals surface area contributed by atoms with Crippen LogP contribution in [0.2, 0.25) is 0 Å². The molecule has 0 aliphatic rings. The lowest BCUT2D eigenvalue weighted by atomic mass is 9.92. The van der Waals surface area contributed by atoms with Crippen molar-refractivity contribution in [1.82, 2.24) is 0 Å². The average Bonchev–Trinajstić information content (AvgIpc) is 2.55. The molecule has 3 aromatic carbocycles. The van der Waals surface area contributed by atoms with Crippen LogP contribution in [-0.2, 0) is 12.8 Å². The second kappa shape index (κ2) is 6.57. The largest absolute Gasteiger partial charge is 0.295 e. The van der Waals surface area contributed by atoms with Gasteiger partial charge in [0, 0.05) is 5.56 Å². The summed E-state index contributed by atoms with van der Waals surface area (Å²) in [4.78, 5) is 11.9. The van der Waals surface area contributed by atoms with Gasteiger partial charge >= 0.3 is 0 Å². The summed E-state index contributed by atoms with van der Waals surface area (Å²) in [5.74, 6) is 0.153. The van der Waals surface area contributed by atoms with Crippen molar-refractivity contribution in [3.05, 3.63) is 83.4 Å². The molecule has 110 valence electrons. The van der Waals surface area contributed by atoms with Gasteiger partial charge in [-0.25, -0.2) is 0 Å². The summed E-state index contributed by atoms with van der Waals surface area (Å²) in [5, 5.41) is 2.42. The highest BCUT2D eigenvalue weighted by Crippen LogP contribution is 2.25. The number of rotatable bonds is 5. The highest BCUT2D eigenvalue weighted by Gasteiger charge is 2.10. The van der Waals surface area contributed by atoms with Crippen molar-refractivity contribution in [3.63, 3.8) is 0 Å². The van der Waals surface area contributed by atoms with Crippen molar-refractivity contribution < 1.29 is 4.79 Å². The predicted molar refractivity (Wildman–Crippen MR) is 92.4 cm³/mol. The fourth-order valence-corrected chi connectivity index (χ4v) is 3.05. The first kappa shape index (κ1) is 14.5. The summed E-state index contributed by atoms with van der Waals surface area (Å²) in [7, 11) is 0. The second-order valence-corrected chi connectivity index (χ2v) is 5.71. The summed E-state index contributed by atoms with van der Waals surface area (Å²) in [6, 6.07) is 22.9. The summed E-state index contributed by atoms with van der Waals surface area (Å²) >= 11 is 0. The Balaban J connectivity index is 1.88. The fraction of sp³-hybridized carbons (Fsp3) is 0.190. The van der Waals surface area contributed by atoms with E-state index in [1.807, 2.05) is 30.3 Å². The monoisotopic (exact) mass is 288 g/mol. The molecule has 0 N–H and O–H groups in total. The van der Waals surface area contributed by atoms with E-state index in [0.717, 1.165) is 24.8 Å². The smallest absolute Gasteiger partial charge is 0.160 e. The molecule has 0 aliphatic heterocycles. The molecule has 0 saturated heterocycles. The third-order valence-corrected chi connectivity index (χ3v) is 4.15. The van der Waals surface area contributed by atoms with Crippen molar-refractivity contribution in [2.24, 2.45) is 0 Å². The van der Waals surface area contributed by atoms with Gasteiger partial charge in [0.1, 0.15) is 0 Å². The Morgan fingerprint density at radius 3 is 2.32 bits per heavy atom. The molecule has 0 amide bonds. The predicted octanol–water partition coefficient (Wildman–Crippen LogP) is 5.22. The quantitative estimate of drug-likeness (QED) is 0.588. The van der Waals surface area contributed by atoms with Crippen LogP contribution < -0.4 is 0 Å². The Morgan fingerprint density at radius 1 is 0.818 bits per heavy atom. The molecule has 0 saturated carbocycles. The van der Waals surface area contributed by atoms with Crippen LogP contribution in [0, 0.1) is 0 Å². The van der Waals surface area contributed by atoms with Crippen molar-refractivity contribution in [2.45, 2.75) is 26.2 Å². The lowest BCUT2D eigenvalue weighted by Gasteiger charge is -2.11. The van der Waals surface area contributed by atoms with Crippen molar-refractivity contribution in [3.8, 4) is 0 Å². The first-order valence-corrected chi connectivity index (χ1v) is 7.81. The Morgan fingerprint density at radius 2 is 1.55 bits per heavy atom. The molecule has 3 rings (SSSR count). The van der Waals surface area contributed by atoms with Crippen LogP contribution in [0.5, 0.6) is 0 Å². The molecule has 1 heteroatoms. The van der Waals surface area contributed by atoms with Crippen LogP contribution in [0.1, 0.15) is 34.8 Å². The maximum atomic E-state index is 11.9. The Labute approximate surface area is 131 Å². The van der Waals surface area contributed by atoms with Crippen LogP contribution in [0.15, 0.2) is 66.7 Å². The zero-order valence-electron chi connectivity index (χ0n) is 12.9. The van der Waals surface area contributed by atoms with Crippen LogP contribution in [0.4, 0.5) is 0 Å². The first-order valence-electron chi connectivity index (χ1n) is 7.81. The summed E-state index contributed by atoms with van der Waals surface area (Å²) < 4.78 is 0. The lowest BCUT2D eigenvalue weighted by molar-refractivity contribution is 0.101. The molecule has 0 aromatic heterocycles. The van der Waals surface area contributed by atoms with E-state index in [9.17, 15) is 4.79 Å². The Hall–Kier alpha value is -2.41. The van der Waals surface area contributed by atoms with E-state index in [2.05, 4.69) is 36.4 Å². The second-order valence-electron chi connectivity index (χ2n) is 5.71. The number of hydrogen-bond donors (Lipinski definition) is 0. The van der Waals surface area contributed by atoms with E-state index in [1.165, 1.54) is 21.9 Å². The van der Waals surface area contributed by atoms with Gasteiger partial charge in [0.25, 0.3) is 0 Å². The van der Waals surface area contributed by atoms with Crippen LogP contribution in [-0.4, -0.2) is 5.78 Å². The van der Waals surface area contributed by atoms with Gasteiger partial charge in [0.05, 0.1) is 0 Å². The van der Waals surface area contributed by atoms with Crippen molar-refractivity contribution in [1.29, 1.82) is 0 Å². The maximum absolute atomic E-state index is 11.9. The highest BCUT2D eigenvalue weighted by molar-refractivity contribution is 6.01. The normalized spacial score (nSPS) is 10.8. The van der Waals surface area contributed by atoms with E-state index in [0.29, 0.717) is 0 Å². The fourth-order valence-electron chi connectivity index (χ4n) is 3.05. The molecular weight excluding hydrogens is 268 g/mol.